The van der Waals surface area contributed by atoms with Crippen LogP contribution in [0.3, 0.4) is 0 Å². The summed E-state index contributed by atoms with van der Waals surface area (Å²) >= 11 is 0. The molecule has 3 aliphatic heterocycles. The van der Waals surface area contributed by atoms with Crippen LogP contribution in [0.15, 0.2) is 0 Å². The number of amides is 1. The van der Waals surface area contributed by atoms with E-state index in [0.717, 1.165) is 19.6 Å². The average Bonchev–Trinajstić information content (AvgIpc) is 2.78. The molecule has 2 unspecified atom stereocenters. The van der Waals surface area contributed by atoms with Gasteiger partial charge >= 0.3 is 6.09 Å². The molecule has 0 aromatic rings. The highest BCUT2D eigenvalue weighted by Crippen LogP contribution is 2.31. The quantitative estimate of drug-likeness (QED) is 0.600. The van der Waals surface area contributed by atoms with Crippen LogP contribution in [0.1, 0.15) is 6.92 Å². The van der Waals surface area contributed by atoms with E-state index in [-0.39, 0.29) is 12.2 Å². The molecule has 15 heavy (non-hydrogen) atoms. The first-order chi connectivity index (χ1) is 7.26. The van der Waals surface area contributed by atoms with Gasteiger partial charge in [0, 0.05) is 13.1 Å². The standard InChI is InChI=1S/C10H16N2O3/c1-2-11-3-7(4-11)14-10(13)12-5-8-9(6-12)15-8/h7-9H,2-6H2,1H3. The second kappa shape index (κ2) is 3.35. The molecule has 5 heteroatoms. The highest BCUT2D eigenvalue weighted by molar-refractivity contribution is 5.68. The zero-order valence-corrected chi connectivity index (χ0v) is 8.89. The summed E-state index contributed by atoms with van der Waals surface area (Å²) < 4.78 is 10.6. The number of nitrogens with zero attached hydrogens (tertiary/aromatic N) is 2. The fraction of sp³-hybridized carbons (Fsp3) is 0.900. The number of hydrogen-bond donors (Lipinski definition) is 0. The SMILES string of the molecule is CCN1CC(OC(=O)N2CC3OC3C2)C1. The van der Waals surface area contributed by atoms with Crippen molar-refractivity contribution in [2.75, 3.05) is 32.7 Å². The van der Waals surface area contributed by atoms with Crippen LogP contribution in [0.25, 0.3) is 0 Å². The third-order valence-electron chi connectivity index (χ3n) is 3.38. The number of likely N-dealkylation sites (N-methyl/N-ethyl adjacent to an activating group) is 1. The van der Waals surface area contributed by atoms with E-state index in [1.165, 1.54) is 0 Å². The molecular weight excluding hydrogens is 196 g/mol. The van der Waals surface area contributed by atoms with Crippen LogP contribution in [0.5, 0.6) is 0 Å². The lowest BCUT2D eigenvalue weighted by Gasteiger charge is -2.38. The van der Waals surface area contributed by atoms with E-state index in [1.807, 2.05) is 0 Å². The number of morpholine rings is 1. The van der Waals surface area contributed by atoms with E-state index in [0.29, 0.717) is 25.3 Å². The van der Waals surface area contributed by atoms with Crippen LogP contribution in [-0.2, 0) is 9.47 Å². The number of fused-ring (bicyclic) bond motifs is 1. The fourth-order valence-electron chi connectivity index (χ4n) is 2.23. The zero-order valence-electron chi connectivity index (χ0n) is 8.89. The van der Waals surface area contributed by atoms with Crippen molar-refractivity contribution in [3.8, 4) is 0 Å². The van der Waals surface area contributed by atoms with Crippen LogP contribution in [0, 0.1) is 0 Å². The maximum Gasteiger partial charge on any atom is 0.410 e. The Bertz CT molecular complexity index is 268. The second-order valence-electron chi connectivity index (χ2n) is 4.48. The van der Waals surface area contributed by atoms with Gasteiger partial charge in [-0.15, -0.1) is 0 Å². The monoisotopic (exact) mass is 212 g/mol. The first-order valence-electron chi connectivity index (χ1n) is 5.59. The van der Waals surface area contributed by atoms with Crippen molar-refractivity contribution >= 4 is 6.09 Å². The Labute approximate surface area is 88.9 Å². The summed E-state index contributed by atoms with van der Waals surface area (Å²) in [6, 6.07) is 0. The molecule has 3 aliphatic rings. The van der Waals surface area contributed by atoms with Gasteiger partial charge in [0.05, 0.1) is 13.1 Å². The third-order valence-corrected chi connectivity index (χ3v) is 3.38. The molecule has 84 valence electrons. The highest BCUT2D eigenvalue weighted by Gasteiger charge is 2.49. The van der Waals surface area contributed by atoms with E-state index in [9.17, 15) is 4.79 Å². The molecule has 3 heterocycles. The second-order valence-corrected chi connectivity index (χ2v) is 4.48. The highest BCUT2D eigenvalue weighted by atomic mass is 16.6. The predicted molar refractivity (Wildman–Crippen MR) is 52.6 cm³/mol. The topological polar surface area (TPSA) is 45.3 Å². The summed E-state index contributed by atoms with van der Waals surface area (Å²) in [5.41, 5.74) is 0. The summed E-state index contributed by atoms with van der Waals surface area (Å²) in [4.78, 5) is 15.6. The van der Waals surface area contributed by atoms with E-state index in [1.54, 1.807) is 4.90 Å². The molecule has 3 saturated heterocycles. The molecule has 3 rings (SSSR count). The smallest absolute Gasteiger partial charge is 0.410 e. The molecule has 0 aromatic carbocycles. The summed E-state index contributed by atoms with van der Waals surface area (Å²) in [5, 5.41) is 0. The Balaban J connectivity index is 1.42. The molecule has 0 bridgehead atoms. The van der Waals surface area contributed by atoms with Crippen LogP contribution in [0.4, 0.5) is 4.79 Å². The number of epoxide rings is 1. The first kappa shape index (κ1) is 9.42. The lowest BCUT2D eigenvalue weighted by atomic mass is 10.2. The van der Waals surface area contributed by atoms with Gasteiger partial charge in [0.1, 0.15) is 18.3 Å². The van der Waals surface area contributed by atoms with Gasteiger partial charge in [0.2, 0.25) is 0 Å². The van der Waals surface area contributed by atoms with Crippen LogP contribution in [-0.4, -0.2) is 66.9 Å². The van der Waals surface area contributed by atoms with Gasteiger partial charge in [-0.2, -0.15) is 0 Å². The number of carbonyl (C=O) groups excluding carboxylic acids is 1. The van der Waals surface area contributed by atoms with E-state index in [2.05, 4.69) is 11.8 Å². The van der Waals surface area contributed by atoms with Crippen molar-refractivity contribution in [3.63, 3.8) is 0 Å². The normalized spacial score (nSPS) is 34.9. The average molecular weight is 212 g/mol. The summed E-state index contributed by atoms with van der Waals surface area (Å²) in [5.74, 6) is 0. The fourth-order valence-corrected chi connectivity index (χ4v) is 2.23. The minimum Gasteiger partial charge on any atom is -0.443 e. The molecule has 0 aromatic heterocycles. The molecule has 5 nitrogen and oxygen atoms in total. The maximum atomic E-state index is 11.6. The molecular formula is C10H16N2O3. The molecule has 0 radical (unpaired) electrons. The van der Waals surface area contributed by atoms with Crippen LogP contribution in [0.2, 0.25) is 0 Å². The van der Waals surface area contributed by atoms with Crippen LogP contribution < -0.4 is 0 Å². The Hall–Kier alpha value is -0.810. The van der Waals surface area contributed by atoms with Crippen LogP contribution >= 0.6 is 0 Å². The Morgan fingerprint density at radius 1 is 1.33 bits per heavy atom. The summed E-state index contributed by atoms with van der Waals surface area (Å²) in [7, 11) is 0. The molecule has 2 atom stereocenters. The maximum absolute atomic E-state index is 11.6. The molecule has 0 spiro atoms. The first-order valence-corrected chi connectivity index (χ1v) is 5.59. The number of likely N-dealkylation sites (tertiary alicyclic amines) is 2. The van der Waals surface area contributed by atoms with Gasteiger partial charge in [-0.25, -0.2) is 4.79 Å². The lowest BCUT2D eigenvalue weighted by molar-refractivity contribution is -0.0247. The van der Waals surface area contributed by atoms with E-state index >= 15 is 0 Å². The number of ether oxygens (including phenoxy) is 2. The number of carbonyl (C=O) groups is 1. The van der Waals surface area contributed by atoms with Gasteiger partial charge in [0.15, 0.2) is 0 Å². The molecule has 0 saturated carbocycles. The summed E-state index contributed by atoms with van der Waals surface area (Å²) in [6.07, 6.45) is 0.541. The van der Waals surface area contributed by atoms with Crippen molar-refractivity contribution in [1.82, 2.24) is 9.80 Å². The Kier molecular flexibility index (Phi) is 2.10. The number of rotatable bonds is 2. The largest absolute Gasteiger partial charge is 0.443 e. The van der Waals surface area contributed by atoms with E-state index in [4.69, 9.17) is 9.47 Å². The minimum atomic E-state index is -0.161. The van der Waals surface area contributed by atoms with Gasteiger partial charge in [-0.1, -0.05) is 6.92 Å². The van der Waals surface area contributed by atoms with Crippen molar-refractivity contribution < 1.29 is 14.3 Å². The predicted octanol–water partition coefficient (Wildman–Crippen LogP) is -0.0899. The summed E-state index contributed by atoms with van der Waals surface area (Å²) in [6.45, 7) is 6.36. The van der Waals surface area contributed by atoms with Gasteiger partial charge in [-0.05, 0) is 6.54 Å². The molecule has 0 aliphatic carbocycles. The van der Waals surface area contributed by atoms with Crippen molar-refractivity contribution in [1.29, 1.82) is 0 Å². The van der Waals surface area contributed by atoms with Crippen molar-refractivity contribution in [3.05, 3.63) is 0 Å². The zero-order chi connectivity index (χ0) is 10.4. The Morgan fingerprint density at radius 2 is 2.00 bits per heavy atom. The van der Waals surface area contributed by atoms with Gasteiger partial charge in [-0.3, -0.25) is 4.90 Å². The third kappa shape index (κ3) is 1.70. The van der Waals surface area contributed by atoms with Crippen molar-refractivity contribution in [2.45, 2.75) is 25.2 Å². The lowest BCUT2D eigenvalue weighted by Crippen LogP contribution is -2.53. The number of hydrogen-bond acceptors (Lipinski definition) is 4. The van der Waals surface area contributed by atoms with Gasteiger partial charge < -0.3 is 14.4 Å². The minimum absolute atomic E-state index is 0.107. The van der Waals surface area contributed by atoms with Crippen molar-refractivity contribution in [2.24, 2.45) is 0 Å². The molecule has 3 fully saturated rings. The molecule has 0 N–H and O–H groups in total. The van der Waals surface area contributed by atoms with E-state index < -0.39 is 0 Å². The molecule has 1 amide bonds. The Morgan fingerprint density at radius 3 is 2.60 bits per heavy atom. The van der Waals surface area contributed by atoms with Gasteiger partial charge in [0.25, 0.3) is 0 Å².